The summed E-state index contributed by atoms with van der Waals surface area (Å²) < 4.78 is 7.06. The molecule has 162 valence electrons. The molecule has 0 aromatic carbocycles. The number of piperidine rings is 1. The molecule has 2 aromatic rings. The molecule has 8 heteroatoms. The third-order valence-corrected chi connectivity index (χ3v) is 5.12. The van der Waals surface area contributed by atoms with E-state index in [0.29, 0.717) is 19.7 Å². The lowest BCUT2D eigenvalue weighted by molar-refractivity contribution is -0.149. The molecule has 0 aliphatic carbocycles. The number of aliphatic imine (C=N–C) groups is 1. The second-order valence-electron chi connectivity index (χ2n) is 7.57. The van der Waals surface area contributed by atoms with Gasteiger partial charge in [-0.1, -0.05) is 6.07 Å². The molecule has 1 unspecified atom stereocenters. The van der Waals surface area contributed by atoms with Crippen molar-refractivity contribution in [3.8, 4) is 5.82 Å². The summed E-state index contributed by atoms with van der Waals surface area (Å²) in [4.78, 5) is 23.7. The Morgan fingerprint density at radius 2 is 2.17 bits per heavy atom. The van der Waals surface area contributed by atoms with Crippen LogP contribution in [0.5, 0.6) is 0 Å². The van der Waals surface area contributed by atoms with Gasteiger partial charge in [-0.3, -0.25) is 4.79 Å². The third kappa shape index (κ3) is 5.37. The maximum atomic E-state index is 12.2. The fraction of sp³-hybridized carbons (Fsp3) is 0.545. The summed E-state index contributed by atoms with van der Waals surface area (Å²) in [7, 11) is 0. The average molecular weight is 413 g/mol. The van der Waals surface area contributed by atoms with Gasteiger partial charge in [-0.15, -0.1) is 0 Å². The molecule has 2 aromatic heterocycles. The monoisotopic (exact) mass is 412 g/mol. The van der Waals surface area contributed by atoms with E-state index in [1.807, 2.05) is 56.8 Å². The summed E-state index contributed by atoms with van der Waals surface area (Å²) in [6.45, 7) is 11.1. The van der Waals surface area contributed by atoms with E-state index in [1.165, 1.54) is 0 Å². The van der Waals surface area contributed by atoms with Crippen molar-refractivity contribution in [3.05, 3.63) is 41.3 Å². The quantitative estimate of drug-likeness (QED) is 0.446. The number of hydrogen-bond donors (Lipinski definition) is 1. The minimum atomic E-state index is -0.109. The van der Waals surface area contributed by atoms with Gasteiger partial charge in [0.05, 0.1) is 24.8 Å². The van der Waals surface area contributed by atoms with Gasteiger partial charge in [-0.2, -0.15) is 5.10 Å². The van der Waals surface area contributed by atoms with Crippen LogP contribution in [0.3, 0.4) is 0 Å². The van der Waals surface area contributed by atoms with Crippen LogP contribution in [0.2, 0.25) is 0 Å². The molecule has 1 N–H and O–H groups in total. The minimum Gasteiger partial charge on any atom is -0.466 e. The van der Waals surface area contributed by atoms with E-state index >= 15 is 0 Å². The second-order valence-corrected chi connectivity index (χ2v) is 7.57. The first-order chi connectivity index (χ1) is 14.5. The Hall–Kier alpha value is -2.90. The second kappa shape index (κ2) is 10.2. The van der Waals surface area contributed by atoms with E-state index in [-0.39, 0.29) is 11.9 Å². The number of aryl methyl sites for hydroxylation is 2. The number of nitrogens with one attached hydrogen (secondary N) is 1. The SMILES string of the molecule is CCNC(=NCc1ccc(-n2nc(C)cc2C)nc1)N1CCCC(C(=O)OCC)C1. The number of pyridine rings is 1. The van der Waals surface area contributed by atoms with E-state index in [4.69, 9.17) is 9.73 Å². The van der Waals surface area contributed by atoms with Crippen LogP contribution in [-0.4, -0.2) is 57.8 Å². The largest absolute Gasteiger partial charge is 0.466 e. The number of guanidine groups is 1. The molecular formula is C22H32N6O2. The van der Waals surface area contributed by atoms with E-state index in [0.717, 1.165) is 54.7 Å². The number of rotatable bonds is 6. The molecule has 3 heterocycles. The van der Waals surface area contributed by atoms with Crippen molar-refractivity contribution in [2.24, 2.45) is 10.9 Å². The van der Waals surface area contributed by atoms with Crippen LogP contribution in [0.15, 0.2) is 29.4 Å². The molecule has 1 atom stereocenters. The maximum absolute atomic E-state index is 12.2. The Balaban J connectivity index is 1.68. The van der Waals surface area contributed by atoms with Crippen LogP contribution < -0.4 is 5.32 Å². The summed E-state index contributed by atoms with van der Waals surface area (Å²) in [5, 5.41) is 7.83. The first-order valence-corrected chi connectivity index (χ1v) is 10.7. The number of nitrogens with zero attached hydrogens (tertiary/aromatic N) is 5. The summed E-state index contributed by atoms with van der Waals surface area (Å²) in [5.41, 5.74) is 3.05. The van der Waals surface area contributed by atoms with E-state index in [1.54, 1.807) is 0 Å². The van der Waals surface area contributed by atoms with Crippen molar-refractivity contribution in [3.63, 3.8) is 0 Å². The van der Waals surface area contributed by atoms with Crippen LogP contribution in [-0.2, 0) is 16.1 Å². The number of hydrogen-bond acceptors (Lipinski definition) is 5. The zero-order valence-corrected chi connectivity index (χ0v) is 18.4. The van der Waals surface area contributed by atoms with Crippen LogP contribution >= 0.6 is 0 Å². The van der Waals surface area contributed by atoms with Crippen molar-refractivity contribution in [2.45, 2.75) is 47.1 Å². The van der Waals surface area contributed by atoms with Gasteiger partial charge in [0.25, 0.3) is 0 Å². The lowest BCUT2D eigenvalue weighted by Crippen LogP contribution is -2.48. The first-order valence-electron chi connectivity index (χ1n) is 10.7. The van der Waals surface area contributed by atoms with E-state index in [9.17, 15) is 4.79 Å². The predicted octanol–water partition coefficient (Wildman–Crippen LogP) is 2.62. The Bertz CT molecular complexity index is 874. The highest BCUT2D eigenvalue weighted by molar-refractivity contribution is 5.81. The number of carbonyl (C=O) groups excluding carboxylic acids is 1. The molecule has 8 nitrogen and oxygen atoms in total. The highest BCUT2D eigenvalue weighted by Crippen LogP contribution is 2.18. The Morgan fingerprint density at radius 1 is 1.33 bits per heavy atom. The molecule has 0 spiro atoms. The Morgan fingerprint density at radius 3 is 2.80 bits per heavy atom. The summed E-state index contributed by atoms with van der Waals surface area (Å²) in [6.07, 6.45) is 3.66. The van der Waals surface area contributed by atoms with Gasteiger partial charge >= 0.3 is 5.97 Å². The molecule has 0 radical (unpaired) electrons. The average Bonchev–Trinajstić information content (AvgIpc) is 3.09. The molecule has 1 saturated heterocycles. The van der Waals surface area contributed by atoms with Gasteiger partial charge in [0.2, 0.25) is 0 Å². The highest BCUT2D eigenvalue weighted by Gasteiger charge is 2.28. The highest BCUT2D eigenvalue weighted by atomic mass is 16.5. The summed E-state index contributed by atoms with van der Waals surface area (Å²) in [5.74, 6) is 1.42. The number of carbonyl (C=O) groups is 1. The molecule has 1 aliphatic heterocycles. The molecule has 0 amide bonds. The molecule has 1 aliphatic rings. The third-order valence-electron chi connectivity index (χ3n) is 5.12. The zero-order chi connectivity index (χ0) is 21.5. The standard InChI is InChI=1S/C22H32N6O2/c1-5-23-22(27-11-7-8-19(15-27)21(29)30-6-2)25-14-18-9-10-20(24-13-18)28-17(4)12-16(3)26-28/h9-10,12-13,19H,5-8,11,14-15H2,1-4H3,(H,23,25). The van der Waals surface area contributed by atoms with Crippen molar-refractivity contribution in [1.29, 1.82) is 0 Å². The van der Waals surface area contributed by atoms with Crippen molar-refractivity contribution < 1.29 is 9.53 Å². The molecule has 0 saturated carbocycles. The summed E-state index contributed by atoms with van der Waals surface area (Å²) >= 11 is 0. The van der Waals surface area contributed by atoms with Gasteiger partial charge in [-0.05, 0) is 58.2 Å². The number of likely N-dealkylation sites (tertiary alicyclic amines) is 1. The predicted molar refractivity (Wildman–Crippen MR) is 117 cm³/mol. The van der Waals surface area contributed by atoms with Gasteiger partial charge < -0.3 is 15.0 Å². The molecule has 1 fully saturated rings. The fourth-order valence-corrected chi connectivity index (χ4v) is 3.71. The number of esters is 1. The molecule has 3 rings (SSSR count). The summed E-state index contributed by atoms with van der Waals surface area (Å²) in [6, 6.07) is 6.03. The van der Waals surface area contributed by atoms with Crippen LogP contribution in [0.1, 0.15) is 43.6 Å². The topological polar surface area (TPSA) is 84.6 Å². The maximum Gasteiger partial charge on any atom is 0.310 e. The number of aromatic nitrogens is 3. The molecule has 0 bridgehead atoms. The van der Waals surface area contributed by atoms with Crippen LogP contribution in [0, 0.1) is 19.8 Å². The molecule has 30 heavy (non-hydrogen) atoms. The van der Waals surface area contributed by atoms with Gasteiger partial charge in [0.15, 0.2) is 11.8 Å². The Kier molecular flexibility index (Phi) is 7.43. The minimum absolute atomic E-state index is 0.0933. The van der Waals surface area contributed by atoms with Crippen molar-refractivity contribution >= 4 is 11.9 Å². The van der Waals surface area contributed by atoms with E-state index in [2.05, 4.69) is 20.3 Å². The fourth-order valence-electron chi connectivity index (χ4n) is 3.71. The number of ether oxygens (including phenoxy) is 1. The van der Waals surface area contributed by atoms with Gasteiger partial charge in [-0.25, -0.2) is 14.7 Å². The zero-order valence-electron chi connectivity index (χ0n) is 18.4. The first kappa shape index (κ1) is 21.8. The lowest BCUT2D eigenvalue weighted by Gasteiger charge is -2.34. The van der Waals surface area contributed by atoms with E-state index < -0.39 is 0 Å². The Labute approximate surface area is 178 Å². The smallest absolute Gasteiger partial charge is 0.310 e. The normalized spacial score (nSPS) is 17.1. The molecular weight excluding hydrogens is 380 g/mol. The van der Waals surface area contributed by atoms with Crippen molar-refractivity contribution in [1.82, 2.24) is 25.0 Å². The van der Waals surface area contributed by atoms with Crippen molar-refractivity contribution in [2.75, 3.05) is 26.2 Å². The lowest BCUT2D eigenvalue weighted by atomic mass is 9.98. The van der Waals surface area contributed by atoms with Gasteiger partial charge in [0, 0.05) is 31.5 Å². The van der Waals surface area contributed by atoms with Crippen LogP contribution in [0.4, 0.5) is 0 Å². The van der Waals surface area contributed by atoms with Gasteiger partial charge in [0.1, 0.15) is 0 Å². The van der Waals surface area contributed by atoms with Crippen LogP contribution in [0.25, 0.3) is 5.82 Å².